The van der Waals surface area contributed by atoms with E-state index in [1.54, 1.807) is 23.2 Å². The molecule has 210 valence electrons. The molecule has 10 heteroatoms. The van der Waals surface area contributed by atoms with Crippen LogP contribution in [0, 0.1) is 17.8 Å². The molecule has 0 aliphatic carbocycles. The summed E-state index contributed by atoms with van der Waals surface area (Å²) in [5.41, 5.74) is 9.30. The van der Waals surface area contributed by atoms with Crippen molar-refractivity contribution in [3.8, 4) is 17.6 Å². The Balaban J connectivity index is 1.28. The largest absolute Gasteiger partial charge is 0.486 e. The van der Waals surface area contributed by atoms with Gasteiger partial charge in [-0.3, -0.25) is 4.98 Å². The van der Waals surface area contributed by atoms with Gasteiger partial charge in [-0.2, -0.15) is 0 Å². The zero-order chi connectivity index (χ0) is 29.0. The van der Waals surface area contributed by atoms with Crippen LogP contribution in [0.3, 0.4) is 0 Å². The minimum absolute atomic E-state index is 0.0425. The van der Waals surface area contributed by atoms with Gasteiger partial charge in [0.25, 0.3) is 0 Å². The highest BCUT2D eigenvalue weighted by Gasteiger charge is 2.28. The fourth-order valence-corrected chi connectivity index (χ4v) is 4.58. The zero-order valence-electron chi connectivity index (χ0n) is 23.1. The van der Waals surface area contributed by atoms with Crippen LogP contribution in [-0.2, 0) is 11.3 Å². The molecule has 41 heavy (non-hydrogen) atoms. The van der Waals surface area contributed by atoms with Crippen LogP contribution in [-0.4, -0.2) is 44.6 Å². The van der Waals surface area contributed by atoms with Crippen molar-refractivity contribution >= 4 is 45.8 Å². The van der Waals surface area contributed by atoms with E-state index >= 15 is 0 Å². The van der Waals surface area contributed by atoms with Crippen LogP contribution in [0.2, 0.25) is 5.02 Å². The highest BCUT2D eigenvalue weighted by molar-refractivity contribution is 6.32. The van der Waals surface area contributed by atoms with E-state index in [1.807, 2.05) is 57.2 Å². The molecule has 1 unspecified atom stereocenters. The van der Waals surface area contributed by atoms with Gasteiger partial charge in [-0.1, -0.05) is 29.5 Å². The third kappa shape index (κ3) is 7.16. The van der Waals surface area contributed by atoms with Crippen LogP contribution in [0.25, 0.3) is 10.9 Å². The third-order valence-corrected chi connectivity index (χ3v) is 6.65. The van der Waals surface area contributed by atoms with Gasteiger partial charge in [0.1, 0.15) is 30.1 Å². The van der Waals surface area contributed by atoms with Crippen LogP contribution in [0.1, 0.15) is 38.4 Å². The Hall–Kier alpha value is -4.55. The number of aromatic nitrogens is 3. The second-order valence-corrected chi connectivity index (χ2v) is 11.1. The van der Waals surface area contributed by atoms with Gasteiger partial charge in [-0.25, -0.2) is 14.8 Å². The van der Waals surface area contributed by atoms with E-state index in [2.05, 4.69) is 32.1 Å². The number of hydrogen-bond acceptors (Lipinski definition) is 8. The topological polar surface area (TPSA) is 115 Å². The molecular weight excluding hydrogens is 540 g/mol. The molecule has 1 aliphatic rings. The molecule has 9 nitrogen and oxygen atoms in total. The van der Waals surface area contributed by atoms with E-state index < -0.39 is 5.60 Å². The molecule has 5 rings (SSSR count). The van der Waals surface area contributed by atoms with Crippen molar-refractivity contribution in [1.82, 2.24) is 19.9 Å². The Bertz CT molecular complexity index is 1630. The normalized spacial score (nSPS) is 14.8. The van der Waals surface area contributed by atoms with Crippen molar-refractivity contribution in [2.45, 2.75) is 39.4 Å². The summed E-state index contributed by atoms with van der Waals surface area (Å²) >= 11 is 6.49. The molecule has 3 N–H and O–H groups in total. The number of nitrogen functional groups attached to an aromatic ring is 1. The van der Waals surface area contributed by atoms with E-state index in [0.29, 0.717) is 53.1 Å². The van der Waals surface area contributed by atoms with Crippen molar-refractivity contribution in [1.29, 1.82) is 0 Å². The van der Waals surface area contributed by atoms with E-state index in [9.17, 15) is 4.79 Å². The maximum Gasteiger partial charge on any atom is 0.410 e. The van der Waals surface area contributed by atoms with Crippen LogP contribution >= 0.6 is 11.6 Å². The first kappa shape index (κ1) is 28.0. The number of benzene rings is 2. The van der Waals surface area contributed by atoms with E-state index in [0.717, 1.165) is 23.2 Å². The molecule has 1 aliphatic heterocycles. The number of likely N-dealkylation sites (tertiary alicyclic amines) is 1. The number of nitrogens with two attached hydrogens (primary N) is 1. The molecule has 4 aromatic rings. The van der Waals surface area contributed by atoms with Gasteiger partial charge in [-0.05, 0) is 69.7 Å². The lowest BCUT2D eigenvalue weighted by molar-refractivity contribution is 0.0291. The Morgan fingerprint density at radius 2 is 2.02 bits per heavy atom. The average Bonchev–Trinajstić information content (AvgIpc) is 3.41. The maximum atomic E-state index is 12.4. The van der Waals surface area contributed by atoms with Crippen molar-refractivity contribution < 1.29 is 14.3 Å². The molecular formula is C31H31ClN6O3. The molecule has 2 aromatic heterocycles. The summed E-state index contributed by atoms with van der Waals surface area (Å²) < 4.78 is 11.3. The van der Waals surface area contributed by atoms with Crippen LogP contribution < -0.4 is 15.8 Å². The molecule has 0 spiro atoms. The van der Waals surface area contributed by atoms with Crippen molar-refractivity contribution in [2.75, 3.05) is 24.1 Å². The Labute approximate surface area is 244 Å². The Morgan fingerprint density at radius 1 is 1.17 bits per heavy atom. The highest BCUT2D eigenvalue weighted by atomic mass is 35.5. The van der Waals surface area contributed by atoms with Gasteiger partial charge < -0.3 is 25.4 Å². The average molecular weight is 571 g/mol. The summed E-state index contributed by atoms with van der Waals surface area (Å²) in [6, 6.07) is 14.8. The lowest BCUT2D eigenvalue weighted by atomic mass is 10.1. The van der Waals surface area contributed by atoms with Gasteiger partial charge >= 0.3 is 6.09 Å². The number of ether oxygens (including phenoxy) is 2. The SMILES string of the molecule is CC(C)(C)OC(=O)N1CCC(C#Cc2cc3ncnc(Nc4ccc(OCc5ccccn5)c(Cl)c4)c3cc2N)C1. The fourth-order valence-electron chi connectivity index (χ4n) is 4.35. The van der Waals surface area contributed by atoms with Gasteiger partial charge in [0, 0.05) is 47.5 Å². The quantitative estimate of drug-likeness (QED) is 0.215. The van der Waals surface area contributed by atoms with Crippen molar-refractivity contribution in [3.05, 3.63) is 77.3 Å². The predicted molar refractivity (Wildman–Crippen MR) is 160 cm³/mol. The number of nitrogens with one attached hydrogen (secondary N) is 1. The van der Waals surface area contributed by atoms with Gasteiger partial charge in [-0.15, -0.1) is 0 Å². The van der Waals surface area contributed by atoms with E-state index in [-0.39, 0.29) is 12.0 Å². The second-order valence-electron chi connectivity index (χ2n) is 10.7. The number of rotatable bonds is 5. The summed E-state index contributed by atoms with van der Waals surface area (Å²) in [6.07, 6.45) is 3.68. The smallest absolute Gasteiger partial charge is 0.410 e. The number of halogens is 1. The summed E-state index contributed by atoms with van der Waals surface area (Å²) in [7, 11) is 0. The molecule has 0 saturated carbocycles. The molecule has 2 aromatic carbocycles. The van der Waals surface area contributed by atoms with Crippen molar-refractivity contribution in [3.63, 3.8) is 0 Å². The number of amides is 1. The standard InChI is InChI=1S/C31H31ClN6O3/c1-31(2,3)41-30(39)38-13-11-20(17-38)7-8-21-14-27-24(16-26(21)33)29(36-19-35-27)37-22-9-10-28(25(32)15-22)40-18-23-6-4-5-12-34-23/h4-6,9-10,12,14-16,19-20H,11,13,17-18,33H2,1-3H3,(H,35,36,37). The number of fused-ring (bicyclic) bond motifs is 1. The molecule has 0 bridgehead atoms. The molecule has 3 heterocycles. The third-order valence-electron chi connectivity index (χ3n) is 6.35. The fraction of sp³-hybridized carbons (Fsp3) is 0.290. The monoisotopic (exact) mass is 570 g/mol. The first-order valence-corrected chi connectivity index (χ1v) is 13.7. The van der Waals surface area contributed by atoms with Gasteiger partial charge in [0.2, 0.25) is 0 Å². The number of carbonyl (C=O) groups is 1. The highest BCUT2D eigenvalue weighted by Crippen LogP contribution is 2.32. The zero-order valence-corrected chi connectivity index (χ0v) is 23.9. The Kier molecular flexibility index (Phi) is 8.13. The number of hydrogen-bond donors (Lipinski definition) is 2. The molecule has 1 atom stereocenters. The van der Waals surface area contributed by atoms with E-state index in [1.165, 1.54) is 6.33 Å². The molecule has 1 amide bonds. The van der Waals surface area contributed by atoms with Crippen LogP contribution in [0.15, 0.2) is 61.1 Å². The number of pyridine rings is 1. The number of anilines is 3. The van der Waals surface area contributed by atoms with E-state index in [4.69, 9.17) is 26.8 Å². The van der Waals surface area contributed by atoms with Crippen molar-refractivity contribution in [2.24, 2.45) is 5.92 Å². The van der Waals surface area contributed by atoms with Crippen LogP contribution in [0.5, 0.6) is 5.75 Å². The molecule has 0 radical (unpaired) electrons. The summed E-state index contributed by atoms with van der Waals surface area (Å²) in [5.74, 6) is 7.64. The molecule has 1 saturated heterocycles. The predicted octanol–water partition coefficient (Wildman–Crippen LogP) is 6.19. The number of carbonyl (C=O) groups excluding carboxylic acids is 1. The minimum atomic E-state index is -0.527. The van der Waals surface area contributed by atoms with Crippen LogP contribution in [0.4, 0.5) is 22.0 Å². The molecule has 1 fully saturated rings. The lowest BCUT2D eigenvalue weighted by Gasteiger charge is -2.24. The summed E-state index contributed by atoms with van der Waals surface area (Å²) in [4.78, 5) is 27.2. The minimum Gasteiger partial charge on any atom is -0.486 e. The number of nitrogens with zero attached hydrogens (tertiary/aromatic N) is 4. The lowest BCUT2D eigenvalue weighted by Crippen LogP contribution is -2.35. The maximum absolute atomic E-state index is 12.4. The second kappa shape index (κ2) is 11.9. The first-order chi connectivity index (χ1) is 19.6. The first-order valence-electron chi connectivity index (χ1n) is 13.3. The summed E-state index contributed by atoms with van der Waals surface area (Å²) in [6.45, 7) is 7.04. The van der Waals surface area contributed by atoms with Gasteiger partial charge in [0.05, 0.1) is 16.2 Å². The summed E-state index contributed by atoms with van der Waals surface area (Å²) in [5, 5.41) is 4.51. The Morgan fingerprint density at radius 3 is 2.78 bits per heavy atom. The van der Waals surface area contributed by atoms with Gasteiger partial charge in [0.15, 0.2) is 0 Å².